The monoisotopic (exact) mass is 337 g/mol. The Morgan fingerprint density at radius 1 is 1.22 bits per heavy atom. The van der Waals surface area contributed by atoms with E-state index in [0.29, 0.717) is 24.7 Å². The first kappa shape index (κ1) is 17.6. The Balaban J connectivity index is 1.98. The van der Waals surface area contributed by atoms with Crippen molar-refractivity contribution in [2.45, 2.75) is 38.1 Å². The summed E-state index contributed by atoms with van der Waals surface area (Å²) in [6.07, 6.45) is 1.87. The molecule has 0 aliphatic rings. The predicted octanol–water partition coefficient (Wildman–Crippen LogP) is 1.91. The molecule has 2 rings (SSSR count). The summed E-state index contributed by atoms with van der Waals surface area (Å²) in [6, 6.07) is 9.78. The minimum Gasteiger partial charge on any atom is -0.338 e. The zero-order valence-electron chi connectivity index (χ0n) is 13.9. The number of aromatic nitrogens is 2. The summed E-state index contributed by atoms with van der Waals surface area (Å²) in [5.41, 5.74) is 1.12. The van der Waals surface area contributed by atoms with Gasteiger partial charge in [0.15, 0.2) is 15.7 Å². The molecule has 1 aromatic carbocycles. The van der Waals surface area contributed by atoms with Crippen LogP contribution in [-0.4, -0.2) is 48.1 Å². The molecule has 0 fully saturated rings. The Morgan fingerprint density at radius 3 is 2.48 bits per heavy atom. The minimum atomic E-state index is -3.08. The van der Waals surface area contributed by atoms with Crippen LogP contribution in [0.25, 0.3) is 0 Å². The van der Waals surface area contributed by atoms with Gasteiger partial charge in [-0.15, -0.1) is 0 Å². The molecule has 2 atom stereocenters. The van der Waals surface area contributed by atoms with Gasteiger partial charge in [-0.05, 0) is 26.5 Å². The summed E-state index contributed by atoms with van der Waals surface area (Å²) in [5.74, 6) is 1.12. The van der Waals surface area contributed by atoms with Crippen molar-refractivity contribution >= 4 is 9.84 Å². The van der Waals surface area contributed by atoms with E-state index in [2.05, 4.69) is 10.1 Å². The maximum atomic E-state index is 11.7. The van der Waals surface area contributed by atoms with Crippen molar-refractivity contribution in [3.05, 3.63) is 47.6 Å². The van der Waals surface area contributed by atoms with E-state index in [9.17, 15) is 8.42 Å². The Kier molecular flexibility index (Phi) is 5.54. The Labute approximate surface area is 137 Å². The molecule has 0 saturated carbocycles. The number of rotatable bonds is 7. The Hall–Kier alpha value is -1.73. The highest BCUT2D eigenvalue weighted by Gasteiger charge is 2.26. The van der Waals surface area contributed by atoms with E-state index in [1.165, 1.54) is 6.26 Å². The Morgan fingerprint density at radius 2 is 1.87 bits per heavy atom. The molecule has 0 aliphatic heterocycles. The van der Waals surface area contributed by atoms with Gasteiger partial charge in [0, 0.05) is 18.7 Å². The lowest BCUT2D eigenvalue weighted by Gasteiger charge is -2.27. The number of hydrogen-bond donors (Lipinski definition) is 0. The van der Waals surface area contributed by atoms with Gasteiger partial charge in [-0.2, -0.15) is 4.98 Å². The number of benzene rings is 1. The molecule has 0 bridgehead atoms. The summed E-state index contributed by atoms with van der Waals surface area (Å²) in [4.78, 5) is 6.29. The summed E-state index contributed by atoms with van der Waals surface area (Å²) >= 11 is 0. The molecule has 0 spiro atoms. The van der Waals surface area contributed by atoms with E-state index in [1.54, 1.807) is 6.92 Å². The average molecular weight is 337 g/mol. The van der Waals surface area contributed by atoms with Gasteiger partial charge in [0.2, 0.25) is 5.89 Å². The van der Waals surface area contributed by atoms with Crippen LogP contribution in [0.2, 0.25) is 0 Å². The SMILES string of the molecule is C[C@H]([C@@H](C)S(C)(=O)=O)N(C)Cc1nc(Cc2ccccc2)no1. The van der Waals surface area contributed by atoms with Crippen LogP contribution in [0.1, 0.15) is 31.1 Å². The largest absolute Gasteiger partial charge is 0.338 e. The van der Waals surface area contributed by atoms with Crippen LogP contribution in [-0.2, 0) is 22.8 Å². The molecule has 0 unspecified atom stereocenters. The van der Waals surface area contributed by atoms with Gasteiger partial charge < -0.3 is 4.52 Å². The van der Waals surface area contributed by atoms with Crippen LogP contribution in [0, 0.1) is 0 Å². The zero-order valence-corrected chi connectivity index (χ0v) is 14.7. The topological polar surface area (TPSA) is 76.3 Å². The predicted molar refractivity (Wildman–Crippen MR) is 88.8 cm³/mol. The van der Waals surface area contributed by atoms with Crippen molar-refractivity contribution in [3.8, 4) is 0 Å². The van der Waals surface area contributed by atoms with Crippen LogP contribution >= 0.6 is 0 Å². The van der Waals surface area contributed by atoms with Crippen molar-refractivity contribution in [1.82, 2.24) is 15.0 Å². The van der Waals surface area contributed by atoms with Crippen molar-refractivity contribution in [2.24, 2.45) is 0 Å². The molecular formula is C16H23N3O3S. The van der Waals surface area contributed by atoms with Crippen molar-refractivity contribution in [3.63, 3.8) is 0 Å². The number of nitrogens with zero attached hydrogens (tertiary/aromatic N) is 3. The summed E-state index contributed by atoms with van der Waals surface area (Å²) < 4.78 is 28.6. The van der Waals surface area contributed by atoms with E-state index in [-0.39, 0.29) is 6.04 Å². The molecule has 1 heterocycles. The molecular weight excluding hydrogens is 314 g/mol. The zero-order chi connectivity index (χ0) is 17.0. The van der Waals surface area contributed by atoms with Gasteiger partial charge in [0.25, 0.3) is 0 Å². The highest BCUT2D eigenvalue weighted by atomic mass is 32.2. The molecule has 23 heavy (non-hydrogen) atoms. The third kappa shape index (κ3) is 4.87. The molecule has 6 nitrogen and oxygen atoms in total. The average Bonchev–Trinajstić information content (AvgIpc) is 2.92. The summed E-state index contributed by atoms with van der Waals surface area (Å²) in [5, 5.41) is 3.53. The van der Waals surface area contributed by atoms with Gasteiger partial charge in [-0.3, -0.25) is 4.90 Å². The summed E-state index contributed by atoms with van der Waals surface area (Å²) in [6.45, 7) is 4.01. The third-order valence-electron chi connectivity index (χ3n) is 4.15. The fraction of sp³-hybridized carbons (Fsp3) is 0.500. The molecule has 1 aromatic heterocycles. The summed E-state index contributed by atoms with van der Waals surface area (Å²) in [7, 11) is -1.23. The smallest absolute Gasteiger partial charge is 0.240 e. The second kappa shape index (κ2) is 7.23. The maximum absolute atomic E-state index is 11.7. The normalized spacial score (nSPS) is 14.8. The van der Waals surface area contributed by atoms with E-state index in [0.717, 1.165) is 5.56 Å². The van der Waals surface area contributed by atoms with Gasteiger partial charge in [0.05, 0.1) is 11.8 Å². The van der Waals surface area contributed by atoms with E-state index in [1.807, 2.05) is 49.2 Å². The van der Waals surface area contributed by atoms with Crippen LogP contribution in [0.5, 0.6) is 0 Å². The molecule has 2 aromatic rings. The van der Waals surface area contributed by atoms with E-state index in [4.69, 9.17) is 4.52 Å². The first-order valence-corrected chi connectivity index (χ1v) is 9.47. The van der Waals surface area contributed by atoms with Crippen LogP contribution in [0.15, 0.2) is 34.9 Å². The fourth-order valence-corrected chi connectivity index (χ4v) is 3.20. The third-order valence-corrected chi connectivity index (χ3v) is 5.89. The minimum absolute atomic E-state index is 0.144. The molecule has 0 aliphatic carbocycles. The van der Waals surface area contributed by atoms with Crippen LogP contribution in [0.4, 0.5) is 0 Å². The van der Waals surface area contributed by atoms with Gasteiger partial charge >= 0.3 is 0 Å². The molecule has 0 saturated heterocycles. The van der Waals surface area contributed by atoms with Gasteiger partial charge in [-0.25, -0.2) is 8.42 Å². The van der Waals surface area contributed by atoms with E-state index < -0.39 is 15.1 Å². The standard InChI is InChI=1S/C16H23N3O3S/c1-12(13(2)23(4,20)21)19(3)11-16-17-15(18-22-16)10-14-8-6-5-7-9-14/h5-9,12-13H,10-11H2,1-4H3/t12-,13-/m1/s1. The molecule has 0 N–H and O–H groups in total. The Bertz CT molecular complexity index is 728. The molecule has 0 amide bonds. The van der Waals surface area contributed by atoms with Gasteiger partial charge in [0.1, 0.15) is 0 Å². The molecule has 7 heteroatoms. The molecule has 0 radical (unpaired) electrons. The lowest BCUT2D eigenvalue weighted by molar-refractivity contribution is 0.211. The van der Waals surface area contributed by atoms with Crippen molar-refractivity contribution < 1.29 is 12.9 Å². The first-order valence-electron chi connectivity index (χ1n) is 7.52. The van der Waals surface area contributed by atoms with Crippen molar-refractivity contribution in [2.75, 3.05) is 13.3 Å². The van der Waals surface area contributed by atoms with Crippen LogP contribution < -0.4 is 0 Å². The lowest BCUT2D eigenvalue weighted by Crippen LogP contribution is -2.40. The van der Waals surface area contributed by atoms with Gasteiger partial charge in [-0.1, -0.05) is 35.5 Å². The quantitative estimate of drug-likeness (QED) is 0.768. The fourth-order valence-electron chi connectivity index (χ4n) is 2.28. The van der Waals surface area contributed by atoms with Crippen molar-refractivity contribution in [1.29, 1.82) is 0 Å². The lowest BCUT2D eigenvalue weighted by atomic mass is 10.1. The highest BCUT2D eigenvalue weighted by molar-refractivity contribution is 7.91. The first-order chi connectivity index (χ1) is 10.8. The second-order valence-corrected chi connectivity index (χ2v) is 8.36. The maximum Gasteiger partial charge on any atom is 0.240 e. The van der Waals surface area contributed by atoms with E-state index >= 15 is 0 Å². The second-order valence-electron chi connectivity index (χ2n) is 5.96. The highest BCUT2D eigenvalue weighted by Crippen LogP contribution is 2.13. The molecule has 126 valence electrons. The van der Waals surface area contributed by atoms with Crippen LogP contribution in [0.3, 0.4) is 0 Å². The number of hydrogen-bond acceptors (Lipinski definition) is 6. The number of sulfone groups is 1.